The lowest BCUT2D eigenvalue weighted by molar-refractivity contribution is 0.112. The van der Waals surface area contributed by atoms with Crippen LogP contribution in [0.5, 0.6) is 5.75 Å². The van der Waals surface area contributed by atoms with Gasteiger partial charge in [-0.05, 0) is 33.8 Å². The van der Waals surface area contributed by atoms with Crippen molar-refractivity contribution in [3.8, 4) is 5.75 Å². The molecule has 0 aliphatic carbocycles. The molecule has 0 amide bonds. The first kappa shape index (κ1) is 16.8. The molecule has 1 aromatic carbocycles. The number of methoxy groups -OCH3 is 1. The van der Waals surface area contributed by atoms with Gasteiger partial charge >= 0.3 is 0 Å². The lowest BCUT2D eigenvalue weighted by atomic mass is 10.0. The zero-order valence-electron chi connectivity index (χ0n) is 15.1. The highest BCUT2D eigenvalue weighted by Crippen LogP contribution is 2.34. The molecule has 0 spiro atoms. The first-order valence-corrected chi connectivity index (χ1v) is 8.38. The third-order valence-electron chi connectivity index (χ3n) is 4.83. The number of aromatic amines is 1. The summed E-state index contributed by atoms with van der Waals surface area (Å²) in [6, 6.07) is 4.09. The van der Waals surface area contributed by atoms with Crippen LogP contribution in [-0.2, 0) is 0 Å². The molecule has 6 heteroatoms. The number of fused-ring (bicyclic) bond motifs is 1. The van der Waals surface area contributed by atoms with Crippen molar-refractivity contribution in [1.82, 2.24) is 14.9 Å². The third-order valence-corrected chi connectivity index (χ3v) is 4.83. The van der Waals surface area contributed by atoms with E-state index in [-0.39, 0.29) is 11.1 Å². The molecule has 24 heavy (non-hydrogen) atoms. The van der Waals surface area contributed by atoms with E-state index in [1.165, 1.54) is 6.33 Å². The fourth-order valence-corrected chi connectivity index (χ4v) is 3.40. The van der Waals surface area contributed by atoms with Gasteiger partial charge in [-0.15, -0.1) is 0 Å². The first-order valence-electron chi connectivity index (χ1n) is 8.38. The van der Waals surface area contributed by atoms with Gasteiger partial charge in [0.1, 0.15) is 5.75 Å². The number of ether oxygens (including phenoxy) is 1. The summed E-state index contributed by atoms with van der Waals surface area (Å²) in [5.74, 6) is 0.761. The van der Waals surface area contributed by atoms with Crippen LogP contribution in [-0.4, -0.2) is 53.2 Å². The molecule has 1 aliphatic rings. The normalized spacial score (nSPS) is 19.7. The van der Waals surface area contributed by atoms with Crippen molar-refractivity contribution >= 4 is 16.6 Å². The van der Waals surface area contributed by atoms with Crippen LogP contribution in [0.2, 0.25) is 0 Å². The number of H-pyrrole nitrogens is 1. The van der Waals surface area contributed by atoms with Crippen molar-refractivity contribution in [2.75, 3.05) is 31.6 Å². The molecule has 1 fully saturated rings. The summed E-state index contributed by atoms with van der Waals surface area (Å²) < 4.78 is 5.58. The van der Waals surface area contributed by atoms with E-state index in [1.54, 1.807) is 7.11 Å². The van der Waals surface area contributed by atoms with Crippen LogP contribution in [0.15, 0.2) is 23.3 Å². The molecule has 1 N–H and O–H groups in total. The Morgan fingerprint density at radius 2 is 2.04 bits per heavy atom. The predicted molar refractivity (Wildman–Crippen MR) is 97.0 cm³/mol. The van der Waals surface area contributed by atoms with Crippen LogP contribution in [0.25, 0.3) is 10.9 Å². The Morgan fingerprint density at radius 1 is 1.29 bits per heavy atom. The van der Waals surface area contributed by atoms with Gasteiger partial charge in [-0.1, -0.05) is 0 Å². The van der Waals surface area contributed by atoms with E-state index in [2.05, 4.69) is 47.5 Å². The number of benzene rings is 1. The molecule has 3 rings (SSSR count). The minimum atomic E-state index is -0.120. The zero-order chi connectivity index (χ0) is 17.5. The Morgan fingerprint density at radius 3 is 2.67 bits per heavy atom. The molecule has 0 radical (unpaired) electrons. The van der Waals surface area contributed by atoms with Crippen molar-refractivity contribution in [2.24, 2.45) is 0 Å². The van der Waals surface area contributed by atoms with Gasteiger partial charge in [0.15, 0.2) is 0 Å². The maximum Gasteiger partial charge on any atom is 0.258 e. The monoisotopic (exact) mass is 330 g/mol. The van der Waals surface area contributed by atoms with Gasteiger partial charge in [-0.25, -0.2) is 4.98 Å². The molecule has 2 heterocycles. The van der Waals surface area contributed by atoms with Gasteiger partial charge in [-0.2, -0.15) is 0 Å². The molecule has 2 aromatic rings. The Balaban J connectivity index is 2.00. The molecule has 0 bridgehead atoms. The molecule has 1 unspecified atom stereocenters. The second-order valence-corrected chi connectivity index (χ2v) is 7.43. The minimum Gasteiger partial charge on any atom is -0.495 e. The smallest absolute Gasteiger partial charge is 0.258 e. The number of nitrogens with zero attached hydrogens (tertiary/aromatic N) is 3. The van der Waals surface area contributed by atoms with E-state index < -0.39 is 0 Å². The van der Waals surface area contributed by atoms with Crippen LogP contribution in [0, 0.1) is 0 Å². The molecular weight excluding hydrogens is 304 g/mol. The highest BCUT2D eigenvalue weighted by molar-refractivity contribution is 5.85. The lowest BCUT2D eigenvalue weighted by Gasteiger charge is -2.46. The van der Waals surface area contributed by atoms with E-state index in [4.69, 9.17) is 4.74 Å². The van der Waals surface area contributed by atoms with Crippen molar-refractivity contribution in [1.29, 1.82) is 0 Å². The van der Waals surface area contributed by atoms with E-state index >= 15 is 0 Å². The summed E-state index contributed by atoms with van der Waals surface area (Å²) in [6.07, 6.45) is 1.43. The molecular formula is C18H26N4O2. The second-order valence-electron chi connectivity index (χ2n) is 7.43. The van der Waals surface area contributed by atoms with E-state index in [0.29, 0.717) is 16.9 Å². The second kappa shape index (κ2) is 6.09. The van der Waals surface area contributed by atoms with Crippen LogP contribution >= 0.6 is 0 Å². The molecule has 1 aliphatic heterocycles. The van der Waals surface area contributed by atoms with Gasteiger partial charge in [0.25, 0.3) is 5.56 Å². The van der Waals surface area contributed by atoms with Crippen LogP contribution in [0.1, 0.15) is 27.7 Å². The number of piperazine rings is 1. The maximum atomic E-state index is 12.1. The van der Waals surface area contributed by atoms with Crippen LogP contribution in [0.4, 0.5) is 5.69 Å². The van der Waals surface area contributed by atoms with Gasteiger partial charge in [-0.3, -0.25) is 9.69 Å². The van der Waals surface area contributed by atoms with Crippen LogP contribution < -0.4 is 15.2 Å². The van der Waals surface area contributed by atoms with Gasteiger partial charge in [0.2, 0.25) is 0 Å². The molecule has 1 atom stereocenters. The number of anilines is 1. The first-order chi connectivity index (χ1) is 11.3. The number of nitrogens with one attached hydrogen (secondary N) is 1. The topological polar surface area (TPSA) is 61.5 Å². The predicted octanol–water partition coefficient (Wildman–Crippen LogP) is 2.24. The molecule has 1 aromatic heterocycles. The molecule has 130 valence electrons. The van der Waals surface area contributed by atoms with Crippen molar-refractivity contribution in [3.05, 3.63) is 28.8 Å². The average molecular weight is 330 g/mol. The fraction of sp³-hybridized carbons (Fsp3) is 0.556. The van der Waals surface area contributed by atoms with Gasteiger partial charge < -0.3 is 14.6 Å². The molecule has 6 nitrogen and oxygen atoms in total. The average Bonchev–Trinajstić information content (AvgIpc) is 2.53. The third kappa shape index (κ3) is 2.98. The summed E-state index contributed by atoms with van der Waals surface area (Å²) in [7, 11) is 1.66. The number of hydrogen-bond donors (Lipinski definition) is 1. The van der Waals surface area contributed by atoms with Gasteiger partial charge in [0, 0.05) is 37.3 Å². The zero-order valence-corrected chi connectivity index (χ0v) is 15.1. The Kier molecular flexibility index (Phi) is 4.25. The highest BCUT2D eigenvalue weighted by Gasteiger charge is 2.31. The Bertz CT molecular complexity index is 794. The quantitative estimate of drug-likeness (QED) is 0.915. The number of hydrogen-bond acceptors (Lipinski definition) is 5. The number of aromatic nitrogens is 2. The molecule has 1 saturated heterocycles. The fourth-order valence-electron chi connectivity index (χ4n) is 3.40. The summed E-state index contributed by atoms with van der Waals surface area (Å²) in [5, 5.41) is 0.596. The molecule has 0 saturated carbocycles. The van der Waals surface area contributed by atoms with E-state index in [1.807, 2.05) is 12.1 Å². The summed E-state index contributed by atoms with van der Waals surface area (Å²) in [4.78, 5) is 23.8. The van der Waals surface area contributed by atoms with Crippen molar-refractivity contribution in [2.45, 2.75) is 39.3 Å². The van der Waals surface area contributed by atoms with E-state index in [9.17, 15) is 4.79 Å². The summed E-state index contributed by atoms with van der Waals surface area (Å²) in [5.41, 5.74) is 1.66. The van der Waals surface area contributed by atoms with Gasteiger partial charge in [0.05, 0.1) is 30.0 Å². The largest absolute Gasteiger partial charge is 0.495 e. The van der Waals surface area contributed by atoms with Crippen LogP contribution in [0.3, 0.4) is 0 Å². The highest BCUT2D eigenvalue weighted by atomic mass is 16.5. The van der Waals surface area contributed by atoms with Crippen molar-refractivity contribution in [3.63, 3.8) is 0 Å². The summed E-state index contributed by atoms with van der Waals surface area (Å²) >= 11 is 0. The summed E-state index contributed by atoms with van der Waals surface area (Å²) in [6.45, 7) is 11.8. The minimum absolute atomic E-state index is 0.120. The number of rotatable bonds is 2. The van der Waals surface area contributed by atoms with Crippen molar-refractivity contribution < 1.29 is 4.74 Å². The lowest BCUT2D eigenvalue weighted by Crippen LogP contribution is -2.57. The Hall–Kier alpha value is -2.08. The maximum absolute atomic E-state index is 12.1. The SMILES string of the molecule is COc1cc2nc[nH]c(=O)c2cc1N1CCN(C(C)(C)C)CC1C. The van der Waals surface area contributed by atoms with E-state index in [0.717, 1.165) is 31.1 Å². The standard InChI is InChI=1S/C18H26N4O2/c1-12-10-21(18(2,3)4)6-7-22(12)15-8-13-14(9-16(15)24-5)19-11-20-17(13)23/h8-9,11-12H,6-7,10H2,1-5H3,(H,19,20,23). The Labute approximate surface area is 142 Å².